The third-order valence-electron chi connectivity index (χ3n) is 5.11. The molecule has 4 rings (SSSR count). The maximum Gasteiger partial charge on any atom is 0.143 e. The summed E-state index contributed by atoms with van der Waals surface area (Å²) in [5.41, 5.74) is 6.73. The van der Waals surface area contributed by atoms with Crippen LogP contribution in [0.3, 0.4) is 0 Å². The Balaban J connectivity index is 1.99. The van der Waals surface area contributed by atoms with E-state index in [1.165, 1.54) is 15.8 Å². The Hall–Kier alpha value is -2.78. The first-order valence-electron chi connectivity index (χ1n) is 10.2. The zero-order valence-corrected chi connectivity index (χ0v) is 18.2. The summed E-state index contributed by atoms with van der Waals surface area (Å²) in [6.07, 6.45) is 0. The van der Waals surface area contributed by atoms with Crippen molar-refractivity contribution in [3.8, 4) is 0 Å². The minimum Gasteiger partial charge on any atom is -0.245 e. The standard InChI is InChI=1S/C26H26N2S/c1-17(2)20-13-10-14-21(18(3)4)25(20)28-24(19-11-6-5-7-12-19)26-27-22-15-8-9-16-23(22)29-26/h5-18H,1-4H3/b28-24+. The van der Waals surface area contributed by atoms with Crippen LogP contribution >= 0.6 is 11.3 Å². The normalized spacial score (nSPS) is 12.3. The molecule has 3 aromatic carbocycles. The van der Waals surface area contributed by atoms with Gasteiger partial charge >= 0.3 is 0 Å². The average Bonchev–Trinajstić information content (AvgIpc) is 3.16. The van der Waals surface area contributed by atoms with Gasteiger partial charge in [-0.1, -0.05) is 88.4 Å². The Morgan fingerprint density at radius 3 is 2.00 bits per heavy atom. The quantitative estimate of drug-likeness (QED) is 0.316. The molecule has 146 valence electrons. The monoisotopic (exact) mass is 398 g/mol. The van der Waals surface area contributed by atoms with Crippen LogP contribution in [0.1, 0.15) is 61.2 Å². The first kappa shape index (κ1) is 19.5. The average molecular weight is 399 g/mol. The highest BCUT2D eigenvalue weighted by molar-refractivity contribution is 7.20. The minimum absolute atomic E-state index is 0.403. The molecule has 0 unspecified atom stereocenters. The Morgan fingerprint density at radius 2 is 1.38 bits per heavy atom. The van der Waals surface area contributed by atoms with Crippen molar-refractivity contribution < 1.29 is 0 Å². The molecule has 0 saturated carbocycles. The molecule has 0 amide bonds. The Labute approximate surface area is 177 Å². The Bertz CT molecular complexity index is 1090. The van der Waals surface area contributed by atoms with E-state index in [2.05, 4.69) is 88.4 Å². The third-order valence-corrected chi connectivity index (χ3v) is 6.15. The van der Waals surface area contributed by atoms with E-state index < -0.39 is 0 Å². The van der Waals surface area contributed by atoms with Crippen LogP contribution in [-0.2, 0) is 0 Å². The molecule has 29 heavy (non-hydrogen) atoms. The second-order valence-electron chi connectivity index (χ2n) is 7.91. The van der Waals surface area contributed by atoms with E-state index >= 15 is 0 Å². The number of aliphatic imine (C=N–C) groups is 1. The molecule has 0 N–H and O–H groups in total. The van der Waals surface area contributed by atoms with E-state index in [1.807, 2.05) is 12.1 Å². The number of benzene rings is 3. The van der Waals surface area contributed by atoms with Gasteiger partial charge in [-0.15, -0.1) is 11.3 Å². The number of nitrogens with zero attached hydrogens (tertiary/aromatic N) is 2. The zero-order valence-electron chi connectivity index (χ0n) is 17.4. The summed E-state index contributed by atoms with van der Waals surface area (Å²) < 4.78 is 1.19. The first-order chi connectivity index (χ1) is 14.0. The summed E-state index contributed by atoms with van der Waals surface area (Å²) in [6, 6.07) is 25.3. The molecular weight excluding hydrogens is 372 g/mol. The van der Waals surface area contributed by atoms with Crippen LogP contribution in [0.4, 0.5) is 5.69 Å². The summed E-state index contributed by atoms with van der Waals surface area (Å²) in [6.45, 7) is 8.94. The predicted octanol–water partition coefficient (Wildman–Crippen LogP) is 7.71. The van der Waals surface area contributed by atoms with Gasteiger partial charge < -0.3 is 0 Å². The van der Waals surface area contributed by atoms with Gasteiger partial charge in [-0.05, 0) is 35.1 Å². The fraction of sp³-hybridized carbons (Fsp3) is 0.231. The highest BCUT2D eigenvalue weighted by Crippen LogP contribution is 2.36. The highest BCUT2D eigenvalue weighted by Gasteiger charge is 2.18. The summed E-state index contributed by atoms with van der Waals surface area (Å²) in [4.78, 5) is 10.2. The lowest BCUT2D eigenvalue weighted by atomic mass is 9.92. The first-order valence-corrected chi connectivity index (χ1v) is 11.0. The number of rotatable bonds is 5. The smallest absolute Gasteiger partial charge is 0.143 e. The van der Waals surface area contributed by atoms with Crippen molar-refractivity contribution in [2.75, 3.05) is 0 Å². The third kappa shape index (κ3) is 4.01. The molecule has 1 aromatic heterocycles. The van der Waals surface area contributed by atoms with Gasteiger partial charge in [0, 0.05) is 5.56 Å². The second-order valence-corrected chi connectivity index (χ2v) is 8.94. The van der Waals surface area contributed by atoms with E-state index in [9.17, 15) is 0 Å². The van der Waals surface area contributed by atoms with Crippen LogP contribution in [0, 0.1) is 0 Å². The molecule has 3 heteroatoms. The molecule has 0 radical (unpaired) electrons. The van der Waals surface area contributed by atoms with Gasteiger partial charge in [0.2, 0.25) is 0 Å². The van der Waals surface area contributed by atoms with Gasteiger partial charge in [-0.25, -0.2) is 9.98 Å². The number of para-hydroxylation sites is 2. The van der Waals surface area contributed by atoms with E-state index in [0.717, 1.165) is 27.5 Å². The fourth-order valence-electron chi connectivity index (χ4n) is 3.56. The molecule has 4 aromatic rings. The van der Waals surface area contributed by atoms with Crippen LogP contribution in [0.5, 0.6) is 0 Å². The summed E-state index contributed by atoms with van der Waals surface area (Å²) in [5.74, 6) is 0.805. The molecule has 0 aliphatic heterocycles. The van der Waals surface area contributed by atoms with Gasteiger partial charge in [0.25, 0.3) is 0 Å². The number of hydrogen-bond donors (Lipinski definition) is 0. The molecule has 1 heterocycles. The van der Waals surface area contributed by atoms with Gasteiger partial charge in [-0.3, -0.25) is 0 Å². The lowest BCUT2D eigenvalue weighted by Gasteiger charge is -2.17. The Morgan fingerprint density at radius 1 is 0.759 bits per heavy atom. The lowest BCUT2D eigenvalue weighted by molar-refractivity contribution is 0.834. The van der Waals surface area contributed by atoms with Gasteiger partial charge in [0.1, 0.15) is 10.7 Å². The minimum atomic E-state index is 0.403. The zero-order chi connectivity index (χ0) is 20.4. The van der Waals surface area contributed by atoms with Crippen molar-refractivity contribution in [3.05, 3.63) is 94.5 Å². The molecule has 0 aliphatic carbocycles. The highest BCUT2D eigenvalue weighted by atomic mass is 32.1. The maximum absolute atomic E-state index is 5.30. The van der Waals surface area contributed by atoms with Crippen molar-refractivity contribution in [1.82, 2.24) is 4.98 Å². The van der Waals surface area contributed by atoms with E-state index in [0.29, 0.717) is 11.8 Å². The SMILES string of the molecule is CC(C)c1cccc(C(C)C)c1/N=C(\c1ccccc1)c1nc2ccccc2s1. The van der Waals surface area contributed by atoms with Gasteiger partial charge in [-0.2, -0.15) is 0 Å². The lowest BCUT2D eigenvalue weighted by Crippen LogP contribution is -2.04. The molecule has 0 bridgehead atoms. The molecule has 0 spiro atoms. The maximum atomic E-state index is 5.30. The van der Waals surface area contributed by atoms with Crippen molar-refractivity contribution >= 4 is 33.0 Å². The number of thiazole rings is 1. The van der Waals surface area contributed by atoms with E-state index in [-0.39, 0.29) is 0 Å². The number of fused-ring (bicyclic) bond motifs is 1. The van der Waals surface area contributed by atoms with Crippen molar-refractivity contribution in [2.45, 2.75) is 39.5 Å². The van der Waals surface area contributed by atoms with Crippen LogP contribution in [0.25, 0.3) is 10.2 Å². The topological polar surface area (TPSA) is 25.2 Å². The van der Waals surface area contributed by atoms with E-state index in [1.54, 1.807) is 11.3 Å². The molecule has 0 fully saturated rings. The van der Waals surface area contributed by atoms with Crippen LogP contribution in [0.2, 0.25) is 0 Å². The van der Waals surface area contributed by atoms with Crippen molar-refractivity contribution in [1.29, 1.82) is 0 Å². The molecule has 2 nitrogen and oxygen atoms in total. The van der Waals surface area contributed by atoms with Crippen LogP contribution < -0.4 is 0 Å². The molecule has 0 aliphatic rings. The second kappa shape index (κ2) is 8.30. The van der Waals surface area contributed by atoms with Gasteiger partial charge in [0.05, 0.1) is 15.9 Å². The van der Waals surface area contributed by atoms with Gasteiger partial charge in [0.15, 0.2) is 0 Å². The van der Waals surface area contributed by atoms with Crippen molar-refractivity contribution in [3.63, 3.8) is 0 Å². The molecular formula is C26H26N2S. The molecule has 0 atom stereocenters. The van der Waals surface area contributed by atoms with Crippen LogP contribution in [0.15, 0.2) is 77.8 Å². The summed E-state index contributed by atoms with van der Waals surface area (Å²) >= 11 is 1.71. The summed E-state index contributed by atoms with van der Waals surface area (Å²) in [7, 11) is 0. The van der Waals surface area contributed by atoms with Crippen LogP contribution in [-0.4, -0.2) is 10.7 Å². The molecule has 0 saturated heterocycles. The Kier molecular flexibility index (Phi) is 5.59. The largest absolute Gasteiger partial charge is 0.245 e. The number of hydrogen-bond acceptors (Lipinski definition) is 3. The predicted molar refractivity (Wildman–Crippen MR) is 126 cm³/mol. The summed E-state index contributed by atoms with van der Waals surface area (Å²) in [5, 5.41) is 0.964. The fourth-order valence-corrected chi connectivity index (χ4v) is 4.54. The number of aromatic nitrogens is 1. The van der Waals surface area contributed by atoms with E-state index in [4.69, 9.17) is 9.98 Å². The van der Waals surface area contributed by atoms with Crippen molar-refractivity contribution in [2.24, 2.45) is 4.99 Å².